The third-order valence-electron chi connectivity index (χ3n) is 2.72. The van der Waals surface area contributed by atoms with Crippen LogP contribution in [0.4, 0.5) is 4.39 Å². The summed E-state index contributed by atoms with van der Waals surface area (Å²) in [6, 6.07) is 14.1. The molecule has 3 heteroatoms. The van der Waals surface area contributed by atoms with Gasteiger partial charge in [-0.1, -0.05) is 24.3 Å². The van der Waals surface area contributed by atoms with Crippen LogP contribution in [0, 0.1) is 17.1 Å². The van der Waals surface area contributed by atoms with Gasteiger partial charge >= 0.3 is 0 Å². The number of nitrogens with zero attached hydrogens (tertiary/aromatic N) is 1. The van der Waals surface area contributed by atoms with Crippen LogP contribution in [0.2, 0.25) is 0 Å². The smallest absolute Gasteiger partial charge is 0.131 e. The molecule has 18 heavy (non-hydrogen) atoms. The molecule has 0 spiro atoms. The molecule has 0 heterocycles. The van der Waals surface area contributed by atoms with Gasteiger partial charge in [0.25, 0.3) is 0 Å². The van der Waals surface area contributed by atoms with E-state index in [1.54, 1.807) is 43.5 Å². The fourth-order valence-electron chi connectivity index (χ4n) is 1.76. The highest BCUT2D eigenvalue weighted by molar-refractivity contribution is 5.65. The quantitative estimate of drug-likeness (QED) is 0.823. The second kappa shape index (κ2) is 5.33. The van der Waals surface area contributed by atoms with Crippen LogP contribution in [-0.2, 0) is 6.42 Å². The Morgan fingerprint density at radius 3 is 2.44 bits per heavy atom. The van der Waals surface area contributed by atoms with Crippen LogP contribution in [0.3, 0.4) is 0 Å². The lowest BCUT2D eigenvalue weighted by Gasteiger charge is -2.06. The van der Waals surface area contributed by atoms with Crippen molar-refractivity contribution in [2.75, 3.05) is 7.11 Å². The zero-order valence-electron chi connectivity index (χ0n) is 9.98. The summed E-state index contributed by atoms with van der Waals surface area (Å²) in [5, 5.41) is 8.57. The van der Waals surface area contributed by atoms with E-state index in [0.717, 1.165) is 11.3 Å². The SMILES string of the molecule is COc1ccc(-c2ccc(CC#N)cc2F)cc1. The van der Waals surface area contributed by atoms with Crippen LogP contribution >= 0.6 is 0 Å². The van der Waals surface area contributed by atoms with Gasteiger partial charge in [0.1, 0.15) is 11.6 Å². The number of halogens is 1. The monoisotopic (exact) mass is 241 g/mol. The highest BCUT2D eigenvalue weighted by Crippen LogP contribution is 2.25. The number of rotatable bonds is 3. The first kappa shape index (κ1) is 12.1. The highest BCUT2D eigenvalue weighted by atomic mass is 19.1. The Morgan fingerprint density at radius 1 is 1.17 bits per heavy atom. The van der Waals surface area contributed by atoms with E-state index < -0.39 is 0 Å². The molecule has 0 saturated heterocycles. The Labute approximate surface area is 105 Å². The molecule has 0 aliphatic heterocycles. The van der Waals surface area contributed by atoms with Gasteiger partial charge in [0.2, 0.25) is 0 Å². The Morgan fingerprint density at radius 2 is 1.89 bits per heavy atom. The molecule has 0 aliphatic carbocycles. The van der Waals surface area contributed by atoms with E-state index >= 15 is 0 Å². The Bertz CT molecular complexity index is 584. The number of benzene rings is 2. The Kier molecular flexibility index (Phi) is 3.59. The molecule has 0 unspecified atom stereocenters. The summed E-state index contributed by atoms with van der Waals surface area (Å²) in [5.74, 6) is 0.424. The fraction of sp³-hybridized carbons (Fsp3) is 0.133. The first-order valence-electron chi connectivity index (χ1n) is 5.54. The normalized spacial score (nSPS) is 9.83. The van der Waals surface area contributed by atoms with Crippen molar-refractivity contribution in [1.82, 2.24) is 0 Å². The van der Waals surface area contributed by atoms with Crippen molar-refractivity contribution in [1.29, 1.82) is 5.26 Å². The molecule has 2 aromatic carbocycles. The maximum atomic E-state index is 13.9. The molecule has 2 aromatic rings. The van der Waals surface area contributed by atoms with E-state index in [1.807, 2.05) is 6.07 Å². The summed E-state index contributed by atoms with van der Waals surface area (Å²) in [6.45, 7) is 0. The summed E-state index contributed by atoms with van der Waals surface area (Å²) in [4.78, 5) is 0. The molecule has 0 amide bonds. The van der Waals surface area contributed by atoms with Gasteiger partial charge in [-0.05, 0) is 29.3 Å². The van der Waals surface area contributed by atoms with E-state index in [-0.39, 0.29) is 12.2 Å². The first-order chi connectivity index (χ1) is 8.74. The van der Waals surface area contributed by atoms with Crippen LogP contribution in [0.5, 0.6) is 5.75 Å². The van der Waals surface area contributed by atoms with E-state index in [4.69, 9.17) is 10.00 Å². The molecule has 2 nitrogen and oxygen atoms in total. The minimum absolute atomic E-state index is 0.222. The second-order valence-corrected chi connectivity index (χ2v) is 3.88. The fourth-order valence-corrected chi connectivity index (χ4v) is 1.76. The van der Waals surface area contributed by atoms with Gasteiger partial charge in [0.15, 0.2) is 0 Å². The van der Waals surface area contributed by atoms with Crippen molar-refractivity contribution in [2.45, 2.75) is 6.42 Å². The third kappa shape index (κ3) is 2.49. The van der Waals surface area contributed by atoms with Crippen molar-refractivity contribution in [3.8, 4) is 22.9 Å². The molecule has 90 valence electrons. The average Bonchev–Trinajstić information content (AvgIpc) is 2.40. The summed E-state index contributed by atoms with van der Waals surface area (Å²) >= 11 is 0. The summed E-state index contributed by atoms with van der Waals surface area (Å²) in [7, 11) is 1.59. The van der Waals surface area contributed by atoms with Crippen LogP contribution in [0.25, 0.3) is 11.1 Å². The zero-order valence-corrected chi connectivity index (χ0v) is 9.98. The standard InChI is InChI=1S/C15H12FNO/c1-18-13-5-3-12(4-6-13)14-7-2-11(8-9-17)10-15(14)16/h2-7,10H,8H2,1H3. The minimum atomic E-state index is -0.312. The minimum Gasteiger partial charge on any atom is -0.497 e. The van der Waals surface area contributed by atoms with Gasteiger partial charge in [0, 0.05) is 5.56 Å². The van der Waals surface area contributed by atoms with Crippen molar-refractivity contribution >= 4 is 0 Å². The lowest BCUT2D eigenvalue weighted by Crippen LogP contribution is -1.89. The van der Waals surface area contributed by atoms with Gasteiger partial charge in [0.05, 0.1) is 19.6 Å². The van der Waals surface area contributed by atoms with Gasteiger partial charge < -0.3 is 4.74 Å². The maximum Gasteiger partial charge on any atom is 0.131 e. The van der Waals surface area contributed by atoms with Crippen LogP contribution in [0.15, 0.2) is 42.5 Å². The van der Waals surface area contributed by atoms with Crippen molar-refractivity contribution < 1.29 is 9.13 Å². The Balaban J connectivity index is 2.35. The zero-order chi connectivity index (χ0) is 13.0. The molecule has 0 N–H and O–H groups in total. The first-order valence-corrected chi connectivity index (χ1v) is 5.54. The molecule has 0 aromatic heterocycles. The van der Waals surface area contributed by atoms with Crippen molar-refractivity contribution in [2.24, 2.45) is 0 Å². The van der Waals surface area contributed by atoms with E-state index in [0.29, 0.717) is 11.1 Å². The molecule has 0 atom stereocenters. The average molecular weight is 241 g/mol. The van der Waals surface area contributed by atoms with E-state index in [1.165, 1.54) is 6.07 Å². The summed E-state index contributed by atoms with van der Waals surface area (Å²) in [5.41, 5.74) is 2.00. The largest absolute Gasteiger partial charge is 0.497 e. The van der Waals surface area contributed by atoms with Crippen molar-refractivity contribution in [3.05, 3.63) is 53.8 Å². The van der Waals surface area contributed by atoms with Crippen LogP contribution in [-0.4, -0.2) is 7.11 Å². The third-order valence-corrected chi connectivity index (χ3v) is 2.72. The number of ether oxygens (including phenoxy) is 1. The predicted molar refractivity (Wildman–Crippen MR) is 67.7 cm³/mol. The van der Waals surface area contributed by atoms with Gasteiger partial charge in [-0.2, -0.15) is 5.26 Å². The lowest BCUT2D eigenvalue weighted by atomic mass is 10.0. The van der Waals surface area contributed by atoms with Gasteiger partial charge in [-0.3, -0.25) is 0 Å². The van der Waals surface area contributed by atoms with Crippen LogP contribution in [0.1, 0.15) is 5.56 Å². The number of nitriles is 1. The van der Waals surface area contributed by atoms with Crippen LogP contribution < -0.4 is 4.74 Å². The highest BCUT2D eigenvalue weighted by Gasteiger charge is 2.06. The number of methoxy groups -OCH3 is 1. The topological polar surface area (TPSA) is 33.0 Å². The Hall–Kier alpha value is -2.34. The molecule has 0 aliphatic rings. The number of hydrogen-bond acceptors (Lipinski definition) is 2. The van der Waals surface area contributed by atoms with Gasteiger partial charge in [-0.15, -0.1) is 0 Å². The molecule has 0 bridgehead atoms. The summed E-state index contributed by atoms with van der Waals surface area (Å²) in [6.07, 6.45) is 0.222. The molecule has 0 radical (unpaired) electrons. The predicted octanol–water partition coefficient (Wildman–Crippen LogP) is 3.57. The molecule has 0 saturated carbocycles. The van der Waals surface area contributed by atoms with Gasteiger partial charge in [-0.25, -0.2) is 4.39 Å². The second-order valence-electron chi connectivity index (χ2n) is 3.88. The molecular weight excluding hydrogens is 229 g/mol. The van der Waals surface area contributed by atoms with E-state index in [2.05, 4.69) is 0 Å². The maximum absolute atomic E-state index is 13.9. The van der Waals surface area contributed by atoms with E-state index in [9.17, 15) is 4.39 Å². The molecular formula is C15H12FNO. The molecule has 0 fully saturated rings. The molecule has 2 rings (SSSR count). The van der Waals surface area contributed by atoms with Crippen molar-refractivity contribution in [3.63, 3.8) is 0 Å². The summed E-state index contributed by atoms with van der Waals surface area (Å²) < 4.78 is 19.0. The lowest BCUT2D eigenvalue weighted by molar-refractivity contribution is 0.415. The number of hydrogen-bond donors (Lipinski definition) is 0.